The molecule has 0 saturated carbocycles. The lowest BCUT2D eigenvalue weighted by Gasteiger charge is -2.32. The van der Waals surface area contributed by atoms with Gasteiger partial charge in [0.1, 0.15) is 17.1 Å². The fourth-order valence-electron chi connectivity index (χ4n) is 3.70. The highest BCUT2D eigenvalue weighted by atomic mass is 32.2. The van der Waals surface area contributed by atoms with E-state index in [0.29, 0.717) is 32.8 Å². The van der Waals surface area contributed by atoms with E-state index in [4.69, 9.17) is 15.6 Å². The summed E-state index contributed by atoms with van der Waals surface area (Å²) >= 11 is 1.07. The molecule has 1 aliphatic heterocycles. The number of amides is 1. The molecule has 0 unspecified atom stereocenters. The first-order valence-corrected chi connectivity index (χ1v) is 10.8. The van der Waals surface area contributed by atoms with Gasteiger partial charge in [-0.25, -0.2) is 8.70 Å². The van der Waals surface area contributed by atoms with Gasteiger partial charge in [-0.1, -0.05) is 0 Å². The number of nitrogens with one attached hydrogen (secondary N) is 2. The average molecular weight is 478 g/mol. The van der Waals surface area contributed by atoms with Gasteiger partial charge in [0, 0.05) is 53.5 Å². The molecule has 7 nitrogen and oxygen atoms in total. The molecule has 4 N–H and O–H groups in total. The average Bonchev–Trinajstić information content (AvgIpc) is 3.35. The van der Waals surface area contributed by atoms with Gasteiger partial charge in [-0.3, -0.25) is 4.79 Å². The molecule has 1 amide bonds. The summed E-state index contributed by atoms with van der Waals surface area (Å²) in [6, 6.07) is 6.05. The van der Waals surface area contributed by atoms with E-state index in [9.17, 15) is 18.0 Å². The number of furan rings is 1. The SMILES string of the molecule is Cc1c(SN2CC(C=N)=C(N)C(F)(F)C2)cc(C(=O)NCc2c(F)ccc3occc23)n1C. The number of aromatic nitrogens is 1. The van der Waals surface area contributed by atoms with Crippen LogP contribution in [0.25, 0.3) is 11.0 Å². The summed E-state index contributed by atoms with van der Waals surface area (Å²) in [5, 5.41) is 10.7. The Labute approximate surface area is 192 Å². The highest BCUT2D eigenvalue weighted by molar-refractivity contribution is 7.97. The summed E-state index contributed by atoms with van der Waals surface area (Å²) in [5.74, 6) is -4.14. The number of carbonyl (C=O) groups excluding carboxylic acids is 1. The van der Waals surface area contributed by atoms with Crippen molar-refractivity contribution >= 4 is 35.0 Å². The molecule has 33 heavy (non-hydrogen) atoms. The van der Waals surface area contributed by atoms with Crippen LogP contribution in [-0.2, 0) is 13.6 Å². The van der Waals surface area contributed by atoms with Crippen LogP contribution >= 0.6 is 11.9 Å². The Kier molecular flexibility index (Phi) is 6.02. The molecule has 0 radical (unpaired) electrons. The molecule has 0 aliphatic carbocycles. The van der Waals surface area contributed by atoms with Crippen molar-refractivity contribution in [3.8, 4) is 0 Å². The molecule has 2 aromatic heterocycles. The van der Waals surface area contributed by atoms with Crippen LogP contribution in [0.2, 0.25) is 0 Å². The zero-order valence-corrected chi connectivity index (χ0v) is 18.7. The molecule has 3 heterocycles. The Hall–Kier alpha value is -3.18. The largest absolute Gasteiger partial charge is 0.464 e. The van der Waals surface area contributed by atoms with Crippen LogP contribution < -0.4 is 11.1 Å². The number of carbonyl (C=O) groups is 1. The van der Waals surface area contributed by atoms with E-state index in [1.54, 1.807) is 30.7 Å². The molecule has 0 spiro atoms. The Bertz CT molecular complexity index is 1280. The lowest BCUT2D eigenvalue weighted by Crippen LogP contribution is -2.44. The zero-order chi connectivity index (χ0) is 23.9. The van der Waals surface area contributed by atoms with Crippen molar-refractivity contribution in [1.82, 2.24) is 14.2 Å². The van der Waals surface area contributed by atoms with Crippen molar-refractivity contribution in [3.05, 3.63) is 64.6 Å². The van der Waals surface area contributed by atoms with E-state index < -0.39 is 29.9 Å². The second-order valence-corrected chi connectivity index (χ2v) is 8.90. The van der Waals surface area contributed by atoms with Crippen LogP contribution in [0, 0.1) is 18.2 Å². The van der Waals surface area contributed by atoms with Crippen LogP contribution in [-0.4, -0.2) is 40.0 Å². The predicted octanol–water partition coefficient (Wildman–Crippen LogP) is 3.97. The van der Waals surface area contributed by atoms with E-state index in [1.165, 1.54) is 22.7 Å². The highest BCUT2D eigenvalue weighted by Gasteiger charge is 2.41. The first-order valence-electron chi connectivity index (χ1n) is 10.0. The van der Waals surface area contributed by atoms with Gasteiger partial charge >= 0.3 is 5.92 Å². The number of nitrogens with two attached hydrogens (primary N) is 1. The first kappa shape index (κ1) is 23.0. The van der Waals surface area contributed by atoms with Crippen LogP contribution in [0.3, 0.4) is 0 Å². The van der Waals surface area contributed by atoms with Gasteiger partial charge in [0.25, 0.3) is 5.91 Å². The van der Waals surface area contributed by atoms with Gasteiger partial charge in [-0.05, 0) is 43.1 Å². The van der Waals surface area contributed by atoms with E-state index in [-0.39, 0.29) is 18.7 Å². The molecule has 11 heteroatoms. The number of nitrogens with zero attached hydrogens (tertiary/aromatic N) is 2. The summed E-state index contributed by atoms with van der Waals surface area (Å²) in [6.07, 6.45) is 2.29. The number of hydrogen-bond acceptors (Lipinski definition) is 6. The second-order valence-electron chi connectivity index (χ2n) is 7.76. The van der Waals surface area contributed by atoms with Crippen LogP contribution in [0.1, 0.15) is 21.7 Å². The van der Waals surface area contributed by atoms with Crippen molar-refractivity contribution < 1.29 is 22.4 Å². The van der Waals surface area contributed by atoms with Crippen molar-refractivity contribution in [1.29, 1.82) is 5.41 Å². The first-order chi connectivity index (χ1) is 15.6. The van der Waals surface area contributed by atoms with Crippen molar-refractivity contribution in [2.75, 3.05) is 13.1 Å². The molecule has 0 fully saturated rings. The van der Waals surface area contributed by atoms with E-state index in [0.717, 1.165) is 18.2 Å². The van der Waals surface area contributed by atoms with Gasteiger partial charge in [0.15, 0.2) is 0 Å². The fraction of sp³-hybridized carbons (Fsp3) is 0.273. The Morgan fingerprint density at radius 3 is 2.88 bits per heavy atom. The standard InChI is InChI=1S/C22H22F3N5O2S/c1-12-19(33-30-10-13(8-26)20(27)22(24,25)11-30)7-17(29(12)2)21(31)28-9-15-14-5-6-32-18(14)4-3-16(15)23/h3-8,26H,9-11,27H2,1-2H3,(H,28,31). The molecule has 3 aromatic rings. The topological polar surface area (TPSA) is 100 Å². The van der Waals surface area contributed by atoms with Gasteiger partial charge in [0.05, 0.1) is 18.5 Å². The number of benzene rings is 1. The summed E-state index contributed by atoms with van der Waals surface area (Å²) in [5.41, 5.74) is 6.81. The normalized spacial score (nSPS) is 16.4. The van der Waals surface area contributed by atoms with Crippen LogP contribution in [0.15, 0.2) is 51.1 Å². The summed E-state index contributed by atoms with van der Waals surface area (Å²) in [4.78, 5) is 13.5. The minimum atomic E-state index is -3.25. The van der Waals surface area contributed by atoms with Gasteiger partial charge < -0.3 is 25.4 Å². The lowest BCUT2D eigenvalue weighted by molar-refractivity contribution is 0.0166. The second kappa shape index (κ2) is 8.64. The minimum absolute atomic E-state index is 0.0423. The fourth-order valence-corrected chi connectivity index (χ4v) is 4.84. The zero-order valence-electron chi connectivity index (χ0n) is 17.9. The number of fused-ring (bicyclic) bond motifs is 1. The van der Waals surface area contributed by atoms with Crippen molar-refractivity contribution in [3.63, 3.8) is 0 Å². The van der Waals surface area contributed by atoms with Crippen molar-refractivity contribution in [2.45, 2.75) is 24.3 Å². The van der Waals surface area contributed by atoms with Crippen LogP contribution in [0.4, 0.5) is 13.2 Å². The third-order valence-corrected chi connectivity index (χ3v) is 6.83. The number of alkyl halides is 2. The van der Waals surface area contributed by atoms with E-state index >= 15 is 0 Å². The molecule has 1 aliphatic rings. The number of hydrogen-bond donors (Lipinski definition) is 3. The predicted molar refractivity (Wildman–Crippen MR) is 120 cm³/mol. The summed E-state index contributed by atoms with van der Waals surface area (Å²) < 4.78 is 51.1. The number of rotatable bonds is 6. The van der Waals surface area contributed by atoms with E-state index in [2.05, 4.69) is 5.32 Å². The van der Waals surface area contributed by atoms with E-state index in [1.807, 2.05) is 0 Å². The maximum atomic E-state index is 14.3. The lowest BCUT2D eigenvalue weighted by atomic mass is 10.1. The molecule has 0 atom stereocenters. The third-order valence-electron chi connectivity index (χ3n) is 5.70. The van der Waals surface area contributed by atoms with Gasteiger partial charge in [-0.15, -0.1) is 0 Å². The molecule has 174 valence electrons. The summed E-state index contributed by atoms with van der Waals surface area (Å²) in [7, 11) is 1.69. The summed E-state index contributed by atoms with van der Waals surface area (Å²) in [6.45, 7) is 1.21. The van der Waals surface area contributed by atoms with Crippen molar-refractivity contribution in [2.24, 2.45) is 12.8 Å². The molecule has 1 aromatic carbocycles. The monoisotopic (exact) mass is 477 g/mol. The molecular weight excluding hydrogens is 455 g/mol. The van der Waals surface area contributed by atoms with Gasteiger partial charge in [0.2, 0.25) is 0 Å². The Morgan fingerprint density at radius 1 is 1.39 bits per heavy atom. The molecule has 0 bridgehead atoms. The molecular formula is C22H22F3N5O2S. The maximum Gasteiger partial charge on any atom is 0.300 e. The molecule has 4 rings (SSSR count). The third kappa shape index (κ3) is 4.25. The molecule has 0 saturated heterocycles. The number of halogens is 3. The minimum Gasteiger partial charge on any atom is -0.464 e. The smallest absolute Gasteiger partial charge is 0.300 e. The Balaban J connectivity index is 1.51. The highest BCUT2D eigenvalue weighted by Crippen LogP contribution is 2.36. The maximum absolute atomic E-state index is 14.3. The Morgan fingerprint density at radius 2 is 2.15 bits per heavy atom. The van der Waals surface area contributed by atoms with Gasteiger partial charge in [-0.2, -0.15) is 8.78 Å². The van der Waals surface area contributed by atoms with Crippen LogP contribution in [0.5, 0.6) is 0 Å². The quantitative estimate of drug-likeness (QED) is 0.369.